The van der Waals surface area contributed by atoms with Gasteiger partial charge < -0.3 is 20.3 Å². The van der Waals surface area contributed by atoms with Crippen molar-refractivity contribution in [2.24, 2.45) is 0 Å². The maximum absolute atomic E-state index is 13.6. The number of aliphatic hydroxyl groups is 1. The van der Waals surface area contributed by atoms with Crippen LogP contribution in [0.3, 0.4) is 0 Å². The van der Waals surface area contributed by atoms with E-state index >= 15 is 0 Å². The summed E-state index contributed by atoms with van der Waals surface area (Å²) in [6.07, 6.45) is -2.37. The Hall–Kier alpha value is -4.98. The quantitative estimate of drug-likeness (QED) is 0.155. The predicted molar refractivity (Wildman–Crippen MR) is 178 cm³/mol. The zero-order chi connectivity index (χ0) is 33.3. The fourth-order valence-electron chi connectivity index (χ4n) is 6.14. The molecule has 244 valence electrons. The average Bonchev–Trinajstić information content (AvgIpc) is 3.68. The monoisotopic (exact) mass is 663 g/mol. The van der Waals surface area contributed by atoms with Crippen LogP contribution in [0.5, 0.6) is 0 Å². The lowest BCUT2D eigenvalue weighted by molar-refractivity contribution is -0.0919. The first kappa shape index (κ1) is 31.6. The summed E-state index contributed by atoms with van der Waals surface area (Å²) in [5.74, 6) is 0.152. The Morgan fingerprint density at radius 2 is 1.40 bits per heavy atom. The molecular weight excluding hydrogens is 630 g/mol. The van der Waals surface area contributed by atoms with Gasteiger partial charge in [-0.15, -0.1) is 0 Å². The maximum atomic E-state index is 13.6. The molecule has 1 aliphatic rings. The number of hydrogen-bond donors (Lipinski definition) is 2. The smallest absolute Gasteiger partial charge is 0.297 e. The number of fused-ring (bicyclic) bond motifs is 1. The molecule has 3 N–H and O–H groups in total. The number of aliphatic hydroxyl groups excluding tert-OH is 1. The van der Waals surface area contributed by atoms with Crippen molar-refractivity contribution < 1.29 is 27.2 Å². The maximum Gasteiger partial charge on any atom is 0.297 e. The number of anilines is 1. The standard InChI is InChI=1S/C36H33N5O6S/c1-24-17-19-28(20-18-24)48(43,44)47-32-29(46-35(31(32)42)41-23-40-30-33(37)38-22-39-34(30)41)21-45-36(25-11-5-2-6-12-25,26-13-7-3-8-14-26)27-15-9-4-10-16-27/h2-20,22-23,29,31-32,35,42H,21H2,1H3,(H2,37,38,39)/t29-,31-,32-,35-/m1/s1. The van der Waals surface area contributed by atoms with Gasteiger partial charge in [0.2, 0.25) is 0 Å². The molecule has 4 atom stereocenters. The van der Waals surface area contributed by atoms with E-state index in [1.54, 1.807) is 12.1 Å². The normalized spacial score (nSPS) is 19.9. The van der Waals surface area contributed by atoms with Gasteiger partial charge in [-0.1, -0.05) is 109 Å². The highest BCUT2D eigenvalue weighted by atomic mass is 32.2. The number of nitrogens with zero attached hydrogens (tertiary/aromatic N) is 4. The molecule has 3 heterocycles. The van der Waals surface area contributed by atoms with Gasteiger partial charge in [0.1, 0.15) is 35.8 Å². The Kier molecular flexibility index (Phi) is 8.50. The van der Waals surface area contributed by atoms with Crippen LogP contribution in [0, 0.1) is 6.92 Å². The molecule has 48 heavy (non-hydrogen) atoms. The van der Waals surface area contributed by atoms with Crippen molar-refractivity contribution in [2.45, 2.75) is 42.0 Å². The molecule has 0 unspecified atom stereocenters. The summed E-state index contributed by atoms with van der Waals surface area (Å²) in [5, 5.41) is 11.8. The fourth-order valence-corrected chi connectivity index (χ4v) is 7.25. The molecule has 1 aliphatic heterocycles. The number of nitrogens with two attached hydrogens (primary N) is 1. The Balaban J connectivity index is 1.31. The predicted octanol–water partition coefficient (Wildman–Crippen LogP) is 4.76. The minimum absolute atomic E-state index is 0.0517. The molecule has 0 saturated carbocycles. The van der Waals surface area contributed by atoms with Crippen molar-refractivity contribution in [3.63, 3.8) is 0 Å². The van der Waals surface area contributed by atoms with Crippen LogP contribution in [0.1, 0.15) is 28.5 Å². The van der Waals surface area contributed by atoms with Gasteiger partial charge in [0.15, 0.2) is 17.7 Å². The Labute approximate surface area is 277 Å². The third kappa shape index (κ3) is 5.74. The van der Waals surface area contributed by atoms with Crippen LogP contribution in [-0.4, -0.2) is 58.0 Å². The summed E-state index contributed by atoms with van der Waals surface area (Å²) < 4.78 is 48.0. The fraction of sp³-hybridized carbons (Fsp3) is 0.194. The lowest BCUT2D eigenvalue weighted by Gasteiger charge is -2.37. The van der Waals surface area contributed by atoms with Gasteiger partial charge in [-0.2, -0.15) is 8.42 Å². The van der Waals surface area contributed by atoms with Gasteiger partial charge in [-0.3, -0.25) is 8.75 Å². The molecule has 1 fully saturated rings. The molecular formula is C36H33N5O6S. The minimum atomic E-state index is -4.34. The number of ether oxygens (including phenoxy) is 2. The molecule has 0 bridgehead atoms. The topological polar surface area (TPSA) is 152 Å². The third-order valence-electron chi connectivity index (χ3n) is 8.52. The van der Waals surface area contributed by atoms with E-state index in [4.69, 9.17) is 19.4 Å². The molecule has 0 spiro atoms. The first-order valence-corrected chi connectivity index (χ1v) is 16.8. The summed E-state index contributed by atoms with van der Waals surface area (Å²) in [4.78, 5) is 12.5. The number of rotatable bonds is 10. The van der Waals surface area contributed by atoms with Crippen LogP contribution in [0.2, 0.25) is 0 Å². The molecule has 11 nitrogen and oxygen atoms in total. The zero-order valence-corrected chi connectivity index (χ0v) is 26.7. The van der Waals surface area contributed by atoms with Gasteiger partial charge in [0.25, 0.3) is 10.1 Å². The number of hydrogen-bond acceptors (Lipinski definition) is 10. The second kappa shape index (κ2) is 12.9. The van der Waals surface area contributed by atoms with Crippen molar-refractivity contribution in [3.05, 3.63) is 150 Å². The molecule has 12 heteroatoms. The van der Waals surface area contributed by atoms with Gasteiger partial charge in [0, 0.05) is 0 Å². The molecule has 7 rings (SSSR count). The van der Waals surface area contributed by atoms with Gasteiger partial charge >= 0.3 is 0 Å². The van der Waals surface area contributed by atoms with E-state index in [0.29, 0.717) is 11.2 Å². The van der Waals surface area contributed by atoms with E-state index < -0.39 is 40.3 Å². The second-order valence-corrected chi connectivity index (χ2v) is 13.1. The van der Waals surface area contributed by atoms with Crippen LogP contribution in [0.25, 0.3) is 11.2 Å². The number of nitrogen functional groups attached to an aromatic ring is 1. The number of aryl methyl sites for hydroxylation is 1. The van der Waals surface area contributed by atoms with Crippen molar-refractivity contribution in [3.8, 4) is 0 Å². The van der Waals surface area contributed by atoms with Crippen LogP contribution in [-0.2, 0) is 29.4 Å². The Morgan fingerprint density at radius 1 is 0.833 bits per heavy atom. The highest BCUT2D eigenvalue weighted by Gasteiger charge is 2.50. The van der Waals surface area contributed by atoms with Crippen molar-refractivity contribution in [1.29, 1.82) is 0 Å². The average molecular weight is 664 g/mol. The SMILES string of the molecule is Cc1ccc(S(=O)(=O)O[C@H]2[C@@H](O)[C@H](n3cnc4c(N)ncnc43)O[C@@H]2COC(c2ccccc2)(c2ccccc2)c2ccccc2)cc1. The second-order valence-electron chi connectivity index (χ2n) is 11.6. The first-order valence-electron chi connectivity index (χ1n) is 15.3. The van der Waals surface area contributed by atoms with E-state index in [0.717, 1.165) is 22.3 Å². The van der Waals surface area contributed by atoms with Crippen LogP contribution < -0.4 is 5.73 Å². The van der Waals surface area contributed by atoms with Crippen LogP contribution in [0.4, 0.5) is 5.82 Å². The summed E-state index contributed by atoms with van der Waals surface area (Å²) in [5.41, 5.74) is 8.92. The van der Waals surface area contributed by atoms with E-state index in [-0.39, 0.29) is 17.3 Å². The minimum Gasteiger partial charge on any atom is -0.386 e. The highest BCUT2D eigenvalue weighted by Crippen LogP contribution is 2.42. The van der Waals surface area contributed by atoms with Crippen molar-refractivity contribution in [1.82, 2.24) is 19.5 Å². The van der Waals surface area contributed by atoms with E-state index in [2.05, 4.69) is 15.0 Å². The highest BCUT2D eigenvalue weighted by molar-refractivity contribution is 7.86. The lowest BCUT2D eigenvalue weighted by atomic mass is 9.80. The molecule has 4 aromatic carbocycles. The largest absolute Gasteiger partial charge is 0.386 e. The van der Waals surface area contributed by atoms with Crippen LogP contribution in [0.15, 0.2) is 133 Å². The van der Waals surface area contributed by atoms with Crippen molar-refractivity contribution >= 4 is 27.1 Å². The molecule has 6 aromatic rings. The van der Waals surface area contributed by atoms with E-state index in [9.17, 15) is 13.5 Å². The molecule has 0 aliphatic carbocycles. The number of aromatic nitrogens is 4. The Bertz CT molecular complexity index is 2020. The lowest BCUT2D eigenvalue weighted by Crippen LogP contribution is -2.41. The number of benzene rings is 4. The third-order valence-corrected chi connectivity index (χ3v) is 9.85. The van der Waals surface area contributed by atoms with Crippen molar-refractivity contribution in [2.75, 3.05) is 12.3 Å². The first-order chi connectivity index (χ1) is 23.3. The Morgan fingerprint density at radius 3 is 1.96 bits per heavy atom. The van der Waals surface area contributed by atoms with Gasteiger partial charge in [-0.05, 0) is 35.7 Å². The summed E-state index contributed by atoms with van der Waals surface area (Å²) in [7, 11) is -4.34. The summed E-state index contributed by atoms with van der Waals surface area (Å²) >= 11 is 0. The summed E-state index contributed by atoms with van der Waals surface area (Å²) in [6, 6.07) is 35.5. The molecule has 0 radical (unpaired) electrons. The van der Waals surface area contributed by atoms with E-state index in [1.807, 2.05) is 97.9 Å². The van der Waals surface area contributed by atoms with E-state index in [1.165, 1.54) is 29.4 Å². The van der Waals surface area contributed by atoms with Crippen LogP contribution >= 0.6 is 0 Å². The number of imidazole rings is 1. The summed E-state index contributed by atoms with van der Waals surface area (Å²) in [6.45, 7) is 1.68. The molecule has 2 aromatic heterocycles. The van der Waals surface area contributed by atoms with Gasteiger partial charge in [0.05, 0.1) is 17.8 Å². The molecule has 0 amide bonds. The van der Waals surface area contributed by atoms with Gasteiger partial charge in [-0.25, -0.2) is 15.0 Å². The molecule has 1 saturated heterocycles. The zero-order valence-electron chi connectivity index (χ0n) is 25.9.